The van der Waals surface area contributed by atoms with E-state index in [9.17, 15) is 10.1 Å². The van der Waals surface area contributed by atoms with Crippen molar-refractivity contribution in [3.63, 3.8) is 0 Å². The van der Waals surface area contributed by atoms with Crippen LogP contribution in [0.25, 0.3) is 0 Å². The largest absolute Gasteiger partial charge is 0.550 e. The lowest BCUT2D eigenvalue weighted by atomic mass is 9.71. The van der Waals surface area contributed by atoms with Gasteiger partial charge < -0.3 is 9.57 Å². The van der Waals surface area contributed by atoms with Gasteiger partial charge in [0.25, 0.3) is 5.69 Å². The van der Waals surface area contributed by atoms with Crippen LogP contribution >= 0.6 is 0 Å². The van der Waals surface area contributed by atoms with Gasteiger partial charge in [0.1, 0.15) is 0 Å². The fourth-order valence-corrected chi connectivity index (χ4v) is 3.09. The first-order chi connectivity index (χ1) is 13.1. The molecule has 0 radical (unpaired) electrons. The fourth-order valence-electron chi connectivity index (χ4n) is 3.09. The molecule has 0 unspecified atom stereocenters. The lowest BCUT2D eigenvalue weighted by molar-refractivity contribution is -0.384. The Morgan fingerprint density at radius 3 is 2.41 bits per heavy atom. The van der Waals surface area contributed by atoms with Gasteiger partial charge in [0.15, 0.2) is 5.84 Å². The molecule has 1 aliphatic rings. The van der Waals surface area contributed by atoms with Crippen molar-refractivity contribution in [1.82, 2.24) is 0 Å². The van der Waals surface area contributed by atoms with Crippen molar-refractivity contribution in [2.24, 2.45) is 5.16 Å². The highest BCUT2D eigenvalue weighted by Gasteiger charge is 2.40. The van der Waals surface area contributed by atoms with Crippen LogP contribution in [0.1, 0.15) is 11.1 Å². The van der Waals surface area contributed by atoms with Crippen molar-refractivity contribution in [2.75, 3.05) is 4.81 Å². The minimum atomic E-state index is -0.415. The predicted molar refractivity (Wildman–Crippen MR) is 106 cm³/mol. The van der Waals surface area contributed by atoms with E-state index in [0.717, 1.165) is 22.3 Å². The lowest BCUT2D eigenvalue weighted by Crippen LogP contribution is -2.49. The molecule has 0 fully saturated rings. The summed E-state index contributed by atoms with van der Waals surface area (Å²) in [6.45, 7) is 2.03. The van der Waals surface area contributed by atoms with Crippen molar-refractivity contribution in [3.8, 4) is 0 Å². The average molecular weight is 357 g/mol. The minimum absolute atomic E-state index is 0.0416. The van der Waals surface area contributed by atoms with Crippen molar-refractivity contribution in [3.05, 3.63) is 100 Å². The fraction of sp³-hybridized carbons (Fsp3) is 0.0500. The van der Waals surface area contributed by atoms with E-state index in [0.29, 0.717) is 5.84 Å². The molecule has 0 aromatic heterocycles. The third-order valence-corrected chi connectivity index (χ3v) is 4.40. The van der Waals surface area contributed by atoms with Crippen LogP contribution < -0.4 is 10.3 Å². The Morgan fingerprint density at radius 1 is 1.00 bits per heavy atom. The summed E-state index contributed by atoms with van der Waals surface area (Å²) in [6, 6.07) is 24.2. The van der Waals surface area contributed by atoms with Gasteiger partial charge in [0.05, 0.1) is 4.92 Å². The summed E-state index contributed by atoms with van der Waals surface area (Å²) in [6.07, 6.45) is 0. The standard InChI is InChI=1S/C20H16BN3O3/c1-15-6-5-9-19(14-15)23-20(16-10-12-18(13-11-16)24(25)26)22-27-21(23)17-7-3-2-4-8-17/h2-14H,1H3. The van der Waals surface area contributed by atoms with Crippen molar-refractivity contribution >= 4 is 29.7 Å². The first-order valence-corrected chi connectivity index (χ1v) is 8.53. The molecule has 1 heterocycles. The number of nitrogens with zero attached hydrogens (tertiary/aromatic N) is 3. The molecule has 6 nitrogen and oxygen atoms in total. The van der Waals surface area contributed by atoms with Crippen LogP contribution in [0.4, 0.5) is 11.4 Å². The molecule has 0 aliphatic carbocycles. The molecular formula is C20H16BN3O3. The summed E-state index contributed by atoms with van der Waals surface area (Å²) in [5.41, 5.74) is 3.83. The first-order valence-electron chi connectivity index (χ1n) is 8.53. The topological polar surface area (TPSA) is 68.0 Å². The third kappa shape index (κ3) is 3.27. The number of non-ortho nitro benzene ring substituents is 1. The Balaban J connectivity index is 1.77. The smallest absolute Gasteiger partial charge is 0.432 e. The second kappa shape index (κ2) is 6.95. The van der Waals surface area contributed by atoms with Crippen LogP contribution in [-0.4, -0.2) is 17.8 Å². The summed E-state index contributed by atoms with van der Waals surface area (Å²) < 4.78 is 5.77. The van der Waals surface area contributed by atoms with Gasteiger partial charge in [-0.3, -0.25) is 10.1 Å². The molecule has 3 aromatic rings. The molecule has 0 atom stereocenters. The molecule has 0 spiro atoms. The highest BCUT2D eigenvalue weighted by Crippen LogP contribution is 2.26. The summed E-state index contributed by atoms with van der Waals surface area (Å²) in [7, 11) is -0.404. The number of rotatable bonds is 4. The van der Waals surface area contributed by atoms with Crippen LogP contribution in [-0.2, 0) is 4.76 Å². The van der Waals surface area contributed by atoms with Crippen molar-refractivity contribution in [1.29, 1.82) is 0 Å². The van der Waals surface area contributed by atoms with E-state index in [-0.39, 0.29) is 5.69 Å². The normalized spacial score (nSPS) is 13.3. The van der Waals surface area contributed by atoms with Crippen LogP contribution in [0.15, 0.2) is 84.0 Å². The molecule has 0 amide bonds. The minimum Gasteiger partial charge on any atom is -0.432 e. The van der Waals surface area contributed by atoms with Crippen molar-refractivity contribution in [2.45, 2.75) is 6.92 Å². The molecule has 0 saturated heterocycles. The number of oxime groups is 1. The molecule has 0 N–H and O–H groups in total. The summed E-state index contributed by atoms with van der Waals surface area (Å²) in [5.74, 6) is 0.615. The first kappa shape index (κ1) is 16.8. The van der Waals surface area contributed by atoms with E-state index in [2.05, 4.69) is 11.2 Å². The zero-order valence-corrected chi connectivity index (χ0v) is 14.6. The van der Waals surface area contributed by atoms with Crippen LogP contribution in [0.3, 0.4) is 0 Å². The van der Waals surface area contributed by atoms with Gasteiger partial charge in [0, 0.05) is 23.4 Å². The van der Waals surface area contributed by atoms with Gasteiger partial charge in [0.2, 0.25) is 0 Å². The van der Waals surface area contributed by atoms with Gasteiger partial charge in [-0.15, -0.1) is 0 Å². The van der Waals surface area contributed by atoms with E-state index in [1.165, 1.54) is 12.1 Å². The van der Waals surface area contributed by atoms with Crippen LogP contribution in [0, 0.1) is 17.0 Å². The summed E-state index contributed by atoms with van der Waals surface area (Å²) >= 11 is 0. The maximum Gasteiger partial charge on any atom is 0.550 e. The Morgan fingerprint density at radius 2 is 1.74 bits per heavy atom. The van der Waals surface area contributed by atoms with Gasteiger partial charge in [-0.25, -0.2) is 0 Å². The highest BCUT2D eigenvalue weighted by molar-refractivity contribution is 6.76. The quantitative estimate of drug-likeness (QED) is 0.407. The molecule has 27 heavy (non-hydrogen) atoms. The zero-order chi connectivity index (χ0) is 18.8. The monoisotopic (exact) mass is 357 g/mol. The Kier molecular flexibility index (Phi) is 4.34. The number of hydrogen-bond donors (Lipinski definition) is 0. The van der Waals surface area contributed by atoms with E-state index >= 15 is 0 Å². The second-order valence-corrected chi connectivity index (χ2v) is 6.30. The second-order valence-electron chi connectivity index (χ2n) is 6.30. The van der Waals surface area contributed by atoms with Crippen LogP contribution in [0.2, 0.25) is 0 Å². The predicted octanol–water partition coefficient (Wildman–Crippen LogP) is 3.50. The number of anilines is 1. The molecule has 0 bridgehead atoms. The molecule has 0 saturated carbocycles. The van der Waals surface area contributed by atoms with E-state index in [4.69, 9.17) is 4.76 Å². The van der Waals surface area contributed by atoms with E-state index in [1.54, 1.807) is 12.1 Å². The molecule has 1 aliphatic heterocycles. The molecule has 132 valence electrons. The molecule has 7 heteroatoms. The number of nitro benzene ring substituents is 1. The van der Waals surface area contributed by atoms with E-state index < -0.39 is 12.0 Å². The zero-order valence-electron chi connectivity index (χ0n) is 14.6. The van der Waals surface area contributed by atoms with E-state index in [1.807, 2.05) is 60.3 Å². The number of nitro groups is 1. The molecular weight excluding hydrogens is 341 g/mol. The van der Waals surface area contributed by atoms with Crippen molar-refractivity contribution < 1.29 is 9.68 Å². The number of amidine groups is 1. The summed E-state index contributed by atoms with van der Waals surface area (Å²) in [4.78, 5) is 12.5. The van der Waals surface area contributed by atoms with Crippen LogP contribution in [0.5, 0.6) is 0 Å². The Labute approximate surface area is 157 Å². The lowest BCUT2D eigenvalue weighted by Gasteiger charge is -2.23. The van der Waals surface area contributed by atoms with Gasteiger partial charge in [-0.05, 0) is 42.2 Å². The third-order valence-electron chi connectivity index (χ3n) is 4.40. The molecule has 4 rings (SSSR count). The Hall–Kier alpha value is -3.61. The van der Waals surface area contributed by atoms with Gasteiger partial charge >= 0.3 is 7.05 Å². The average Bonchev–Trinajstić information content (AvgIpc) is 3.14. The van der Waals surface area contributed by atoms with Gasteiger partial charge in [-0.2, -0.15) is 0 Å². The van der Waals surface area contributed by atoms with Gasteiger partial charge in [-0.1, -0.05) is 47.6 Å². The molecule has 3 aromatic carbocycles. The number of aryl methyl sites for hydroxylation is 1. The SMILES string of the molecule is Cc1cccc(N2B(c3ccccc3)ON=C2c2ccc([N+](=O)[O-])cc2)c1. The number of hydrogen-bond acceptors (Lipinski definition) is 5. The Bertz CT molecular complexity index is 1010. The maximum absolute atomic E-state index is 10.9. The highest BCUT2D eigenvalue weighted by atomic mass is 16.6. The maximum atomic E-state index is 10.9. The summed E-state index contributed by atoms with van der Waals surface area (Å²) in [5, 5.41) is 15.2. The number of benzene rings is 3.